The standard InChI is InChI=1S/C23H35NO8S/c1-20-7-5-14(26)9-13(20)3-4-16-15-6-8-22(29,18(28)12-25)21(15,2)10-17(27)23(16,20)19(11-24)33(30,31)32/h9,15-17,19,25,27,29H,3-8,10-12,24H2,1-2H3,(H,30,31,32)/t15-,16-,17-,19?,20-,21-,22-,23+/m0/s1. The molecule has 4 rings (SSSR count). The summed E-state index contributed by atoms with van der Waals surface area (Å²) >= 11 is 0. The molecule has 3 fully saturated rings. The second-order valence-electron chi connectivity index (χ2n) is 11.0. The number of allylic oxidation sites excluding steroid dienone is 1. The predicted molar refractivity (Wildman–Crippen MR) is 118 cm³/mol. The molecular weight excluding hydrogens is 450 g/mol. The molecule has 6 N–H and O–H groups in total. The molecule has 4 aliphatic rings. The summed E-state index contributed by atoms with van der Waals surface area (Å²) in [5.41, 5.74) is 1.52. The molecule has 0 heterocycles. The Morgan fingerprint density at radius 2 is 1.88 bits per heavy atom. The minimum Gasteiger partial charge on any atom is -0.392 e. The molecule has 9 nitrogen and oxygen atoms in total. The first kappa shape index (κ1) is 24.9. The van der Waals surface area contributed by atoms with Gasteiger partial charge in [-0.15, -0.1) is 0 Å². The van der Waals surface area contributed by atoms with Gasteiger partial charge in [0.25, 0.3) is 10.1 Å². The molecule has 0 radical (unpaired) electrons. The van der Waals surface area contributed by atoms with E-state index in [1.54, 1.807) is 13.0 Å². The van der Waals surface area contributed by atoms with E-state index in [2.05, 4.69) is 0 Å². The van der Waals surface area contributed by atoms with Crippen LogP contribution in [-0.2, 0) is 19.7 Å². The van der Waals surface area contributed by atoms with Gasteiger partial charge in [-0.25, -0.2) is 0 Å². The Morgan fingerprint density at radius 3 is 2.45 bits per heavy atom. The Hall–Kier alpha value is -1.17. The van der Waals surface area contributed by atoms with E-state index in [-0.39, 0.29) is 31.0 Å². The second-order valence-corrected chi connectivity index (χ2v) is 12.6. The molecule has 0 bridgehead atoms. The van der Waals surface area contributed by atoms with Gasteiger partial charge in [-0.3, -0.25) is 14.1 Å². The van der Waals surface area contributed by atoms with Crippen molar-refractivity contribution in [2.45, 2.75) is 75.7 Å². The highest BCUT2D eigenvalue weighted by Crippen LogP contribution is 2.74. The van der Waals surface area contributed by atoms with E-state index >= 15 is 0 Å². The monoisotopic (exact) mass is 485 g/mol. The van der Waals surface area contributed by atoms with Gasteiger partial charge in [0.05, 0.1) is 6.10 Å². The van der Waals surface area contributed by atoms with Crippen LogP contribution in [0.2, 0.25) is 0 Å². The van der Waals surface area contributed by atoms with Crippen LogP contribution < -0.4 is 5.73 Å². The zero-order valence-electron chi connectivity index (χ0n) is 19.2. The third-order valence-corrected chi connectivity index (χ3v) is 11.5. The number of fused-ring (bicyclic) bond motifs is 5. The zero-order chi connectivity index (χ0) is 24.6. The average Bonchev–Trinajstić information content (AvgIpc) is 2.99. The molecule has 0 aromatic carbocycles. The molecule has 33 heavy (non-hydrogen) atoms. The largest absolute Gasteiger partial charge is 0.392 e. The van der Waals surface area contributed by atoms with E-state index in [0.29, 0.717) is 25.7 Å². The molecule has 0 amide bonds. The Bertz CT molecular complexity index is 1010. The third kappa shape index (κ3) is 2.97. The molecule has 0 saturated heterocycles. The molecule has 0 aliphatic heterocycles. The van der Waals surface area contributed by atoms with E-state index in [1.165, 1.54) is 0 Å². The van der Waals surface area contributed by atoms with Crippen LogP contribution in [-0.4, -0.2) is 70.0 Å². The van der Waals surface area contributed by atoms with Crippen LogP contribution in [0.4, 0.5) is 0 Å². The van der Waals surface area contributed by atoms with E-state index in [0.717, 1.165) is 5.57 Å². The van der Waals surface area contributed by atoms with Crippen molar-refractivity contribution in [3.63, 3.8) is 0 Å². The smallest absolute Gasteiger partial charge is 0.269 e. The lowest BCUT2D eigenvalue weighted by Gasteiger charge is -2.68. The van der Waals surface area contributed by atoms with E-state index in [1.807, 2.05) is 6.92 Å². The number of Topliss-reactive ketones (excluding diaryl/α,β-unsaturated/α-hetero) is 1. The third-order valence-electron chi connectivity index (χ3n) is 10.2. The summed E-state index contributed by atoms with van der Waals surface area (Å²) in [7, 11) is -4.69. The Kier molecular flexibility index (Phi) is 5.79. The van der Waals surface area contributed by atoms with Gasteiger partial charge in [0.15, 0.2) is 11.6 Å². The van der Waals surface area contributed by atoms with Crippen LogP contribution in [0.5, 0.6) is 0 Å². The van der Waals surface area contributed by atoms with E-state index < -0.39 is 68.2 Å². The fourth-order valence-electron chi connectivity index (χ4n) is 8.68. The lowest BCUT2D eigenvalue weighted by atomic mass is 9.37. The number of hydrogen-bond donors (Lipinski definition) is 5. The highest BCUT2D eigenvalue weighted by molar-refractivity contribution is 7.86. The number of carbonyl (C=O) groups is 2. The zero-order valence-corrected chi connectivity index (χ0v) is 20.0. The second kappa shape index (κ2) is 7.66. The van der Waals surface area contributed by atoms with Crippen molar-refractivity contribution in [2.24, 2.45) is 33.8 Å². The summed E-state index contributed by atoms with van der Waals surface area (Å²) in [5, 5.41) is 31.3. The van der Waals surface area contributed by atoms with Gasteiger partial charge in [0, 0.05) is 23.8 Å². The molecule has 186 valence electrons. The van der Waals surface area contributed by atoms with E-state index in [9.17, 15) is 37.9 Å². The predicted octanol–water partition coefficient (Wildman–Crippen LogP) is 0.367. The maximum atomic E-state index is 12.7. The minimum absolute atomic E-state index is 0.0499. The normalized spacial score (nSPS) is 46.1. The van der Waals surface area contributed by atoms with Crippen LogP contribution in [0.15, 0.2) is 11.6 Å². The Labute approximate surface area is 194 Å². The molecule has 4 aliphatic carbocycles. The Morgan fingerprint density at radius 1 is 1.21 bits per heavy atom. The van der Waals surface area contributed by atoms with Gasteiger partial charge in [-0.1, -0.05) is 19.4 Å². The van der Waals surface area contributed by atoms with Gasteiger partial charge in [-0.05, 0) is 61.9 Å². The maximum absolute atomic E-state index is 12.7. The molecule has 8 atom stereocenters. The maximum Gasteiger partial charge on any atom is 0.269 e. The van der Waals surface area contributed by atoms with Crippen molar-refractivity contribution < 1.29 is 37.9 Å². The van der Waals surface area contributed by atoms with Crippen molar-refractivity contribution in [2.75, 3.05) is 13.2 Å². The lowest BCUT2D eigenvalue weighted by Crippen LogP contribution is -2.72. The summed E-state index contributed by atoms with van der Waals surface area (Å²) < 4.78 is 35.8. The van der Waals surface area contributed by atoms with Crippen molar-refractivity contribution in [3.05, 3.63) is 11.6 Å². The van der Waals surface area contributed by atoms with Crippen molar-refractivity contribution in [1.29, 1.82) is 0 Å². The summed E-state index contributed by atoms with van der Waals surface area (Å²) in [6.07, 6.45) is 2.12. The quantitative estimate of drug-likeness (QED) is 0.344. The van der Waals surface area contributed by atoms with Crippen LogP contribution in [0, 0.1) is 28.1 Å². The number of nitrogens with two attached hydrogens (primary N) is 1. The SMILES string of the molecule is C[C@]12CCC(=O)C=C1CC[C@H]1[C@@H]3CC[C@](O)(C(=O)CO)[C@@]3(C)C[C@H](O)[C@@]12C(CN)S(=O)(=O)O. The summed E-state index contributed by atoms with van der Waals surface area (Å²) in [6, 6.07) is 0. The van der Waals surface area contributed by atoms with Crippen LogP contribution in [0.3, 0.4) is 0 Å². The van der Waals surface area contributed by atoms with Gasteiger partial charge in [0.1, 0.15) is 17.5 Å². The molecule has 0 spiro atoms. The molecular formula is C23H35NO8S. The topological polar surface area (TPSA) is 175 Å². The molecule has 0 aromatic rings. The number of aliphatic hydroxyl groups excluding tert-OH is 2. The molecule has 10 heteroatoms. The average molecular weight is 486 g/mol. The number of rotatable bonds is 5. The van der Waals surface area contributed by atoms with E-state index in [4.69, 9.17) is 5.73 Å². The van der Waals surface area contributed by atoms with Gasteiger partial charge >= 0.3 is 0 Å². The Balaban J connectivity index is 1.97. The van der Waals surface area contributed by atoms with Gasteiger partial charge < -0.3 is 21.1 Å². The van der Waals surface area contributed by atoms with Crippen molar-refractivity contribution >= 4 is 21.7 Å². The van der Waals surface area contributed by atoms with Crippen molar-refractivity contribution in [1.82, 2.24) is 0 Å². The minimum atomic E-state index is -4.69. The highest BCUT2D eigenvalue weighted by atomic mass is 32.2. The fraction of sp³-hybridized carbons (Fsp3) is 0.826. The first-order valence-electron chi connectivity index (χ1n) is 11.7. The first-order chi connectivity index (χ1) is 15.2. The molecule has 1 unspecified atom stereocenters. The van der Waals surface area contributed by atoms with Crippen molar-refractivity contribution in [3.8, 4) is 0 Å². The lowest BCUT2D eigenvalue weighted by molar-refractivity contribution is -0.221. The number of aliphatic hydroxyl groups is 3. The summed E-state index contributed by atoms with van der Waals surface area (Å²) in [5.74, 6) is -1.57. The summed E-state index contributed by atoms with van der Waals surface area (Å²) in [6.45, 7) is 2.35. The number of ketones is 2. The first-order valence-corrected chi connectivity index (χ1v) is 13.2. The summed E-state index contributed by atoms with van der Waals surface area (Å²) in [4.78, 5) is 24.9. The van der Waals surface area contributed by atoms with Crippen LogP contribution >= 0.6 is 0 Å². The van der Waals surface area contributed by atoms with Gasteiger partial charge in [0.2, 0.25) is 0 Å². The number of hydrogen-bond acceptors (Lipinski definition) is 8. The van der Waals surface area contributed by atoms with Gasteiger partial charge in [-0.2, -0.15) is 8.42 Å². The number of carbonyl (C=O) groups excluding carboxylic acids is 2. The molecule has 0 aromatic heterocycles. The fourth-order valence-corrected chi connectivity index (χ4v) is 10.0. The van der Waals surface area contributed by atoms with Crippen LogP contribution in [0.25, 0.3) is 0 Å². The van der Waals surface area contributed by atoms with Crippen LogP contribution in [0.1, 0.15) is 58.8 Å². The highest BCUT2D eigenvalue weighted by Gasteiger charge is 2.76. The molecule has 3 saturated carbocycles.